The first-order valence-corrected chi connectivity index (χ1v) is 12.5. The first-order chi connectivity index (χ1) is 18.1. The van der Waals surface area contributed by atoms with Gasteiger partial charge in [-0.25, -0.2) is 5.48 Å². The zero-order valence-corrected chi connectivity index (χ0v) is 20.7. The number of piperidine rings is 1. The fourth-order valence-electron chi connectivity index (χ4n) is 4.50. The van der Waals surface area contributed by atoms with E-state index >= 15 is 0 Å². The normalized spacial score (nSPS) is 14.4. The zero-order chi connectivity index (χ0) is 26.0. The van der Waals surface area contributed by atoms with E-state index in [-0.39, 0.29) is 14.0 Å². The number of nitrogens with two attached hydrogens (primary N) is 1. The number of likely N-dealkylation sites (tertiary alicyclic amines) is 1. The van der Waals surface area contributed by atoms with E-state index in [9.17, 15) is 9.59 Å². The Balaban J connectivity index is 0.00000400. The molecular weight excluding hydrogens is 476 g/mol. The summed E-state index contributed by atoms with van der Waals surface area (Å²) < 4.78 is 0. The highest BCUT2D eigenvalue weighted by Crippen LogP contribution is 2.28. The maximum atomic E-state index is 12.3. The fraction of sp³-hybridized carbons (Fsp3) is 0.290. The predicted molar refractivity (Wildman–Crippen MR) is 150 cm³/mol. The molecular formula is C31H36N4O3. The molecule has 5 N–H and O–H groups in total. The summed E-state index contributed by atoms with van der Waals surface area (Å²) in [4.78, 5) is 26.3. The molecule has 0 saturated carbocycles. The van der Waals surface area contributed by atoms with Crippen LogP contribution in [0.2, 0.25) is 0 Å². The van der Waals surface area contributed by atoms with Crippen LogP contribution in [0.3, 0.4) is 0 Å². The summed E-state index contributed by atoms with van der Waals surface area (Å²) in [5, 5.41) is 11.2. The van der Waals surface area contributed by atoms with Crippen molar-refractivity contribution in [3.05, 3.63) is 107 Å². The molecule has 7 heteroatoms. The van der Waals surface area contributed by atoms with E-state index in [1.54, 1.807) is 24.3 Å². The number of carbonyl (C=O) groups is 2. The molecule has 1 saturated heterocycles. The summed E-state index contributed by atoms with van der Waals surface area (Å²) >= 11 is 0. The van der Waals surface area contributed by atoms with Gasteiger partial charge in [-0.15, -0.1) is 0 Å². The molecule has 1 fully saturated rings. The standard InChI is InChI=1S/C30H32N4O3.CH4/c31-20-28(30(36)33-37)32-29(35)27-14-12-23(13-15-27)7-6-22-8-10-24(11-9-22)21-34-18-16-26(17-19-34)25-4-2-1-3-5-25;/h1-5,8-15,26,28,37H,16-21,31H2,(H,32,35)(H,33,36);1H4/t28-;/m0./s1. The van der Waals surface area contributed by atoms with E-state index in [4.69, 9.17) is 10.9 Å². The quantitative estimate of drug-likeness (QED) is 0.220. The molecule has 0 radical (unpaired) electrons. The Labute approximate surface area is 225 Å². The van der Waals surface area contributed by atoms with Crippen LogP contribution in [-0.2, 0) is 11.3 Å². The SMILES string of the molecule is C.NC[C@H](NC(=O)c1ccc(C#Cc2ccc(CN3CCC(c4ccccc4)CC3)cc2)cc1)C(=O)NO. The van der Waals surface area contributed by atoms with Gasteiger partial charge < -0.3 is 11.1 Å². The monoisotopic (exact) mass is 512 g/mol. The summed E-state index contributed by atoms with van der Waals surface area (Å²) in [6, 6.07) is 24.9. The lowest BCUT2D eigenvalue weighted by Gasteiger charge is -2.32. The van der Waals surface area contributed by atoms with E-state index in [1.807, 2.05) is 12.1 Å². The molecule has 4 rings (SSSR count). The molecule has 7 nitrogen and oxygen atoms in total. The number of benzene rings is 3. The van der Waals surface area contributed by atoms with E-state index in [0.29, 0.717) is 11.5 Å². The van der Waals surface area contributed by atoms with E-state index in [2.05, 4.69) is 64.5 Å². The van der Waals surface area contributed by atoms with Crippen molar-refractivity contribution >= 4 is 11.8 Å². The molecule has 1 atom stereocenters. The largest absolute Gasteiger partial charge is 0.339 e. The van der Waals surface area contributed by atoms with Crippen LogP contribution in [0.4, 0.5) is 0 Å². The number of nitrogens with zero attached hydrogens (tertiary/aromatic N) is 1. The molecule has 2 amide bonds. The molecule has 0 aliphatic carbocycles. The second-order valence-corrected chi connectivity index (χ2v) is 9.22. The molecule has 1 aliphatic heterocycles. The number of nitrogens with one attached hydrogen (secondary N) is 2. The Kier molecular flexibility index (Phi) is 10.6. The van der Waals surface area contributed by atoms with Gasteiger partial charge in [0.05, 0.1) is 0 Å². The van der Waals surface area contributed by atoms with Crippen molar-refractivity contribution < 1.29 is 14.8 Å². The summed E-state index contributed by atoms with van der Waals surface area (Å²) in [6.07, 6.45) is 2.39. The molecule has 0 bridgehead atoms. The fourth-order valence-corrected chi connectivity index (χ4v) is 4.50. The van der Waals surface area contributed by atoms with Crippen LogP contribution in [0, 0.1) is 11.8 Å². The summed E-state index contributed by atoms with van der Waals surface area (Å²) in [6.45, 7) is 3.03. The van der Waals surface area contributed by atoms with Crippen molar-refractivity contribution in [3.8, 4) is 11.8 Å². The minimum Gasteiger partial charge on any atom is -0.339 e. The minimum absolute atomic E-state index is 0. The average molecular weight is 513 g/mol. The Morgan fingerprint density at radius 1 is 0.921 bits per heavy atom. The van der Waals surface area contributed by atoms with Crippen LogP contribution in [0.15, 0.2) is 78.9 Å². The minimum atomic E-state index is -1.01. The van der Waals surface area contributed by atoms with Gasteiger partial charge in [0.15, 0.2) is 0 Å². The maximum absolute atomic E-state index is 12.3. The van der Waals surface area contributed by atoms with Gasteiger partial charge in [-0.3, -0.25) is 19.7 Å². The Hall–Kier alpha value is -3.96. The second-order valence-electron chi connectivity index (χ2n) is 9.22. The molecule has 3 aromatic rings. The van der Waals surface area contributed by atoms with Gasteiger partial charge in [0.1, 0.15) is 6.04 Å². The van der Waals surface area contributed by atoms with Crippen LogP contribution in [0.5, 0.6) is 0 Å². The van der Waals surface area contributed by atoms with Crippen LogP contribution in [-0.4, -0.2) is 47.6 Å². The number of carbonyl (C=O) groups excluding carboxylic acids is 2. The Morgan fingerprint density at radius 3 is 2.05 bits per heavy atom. The van der Waals surface area contributed by atoms with Crippen LogP contribution >= 0.6 is 0 Å². The van der Waals surface area contributed by atoms with Crippen molar-refractivity contribution in [1.29, 1.82) is 0 Å². The lowest BCUT2D eigenvalue weighted by Crippen LogP contribution is -2.50. The molecule has 0 spiro atoms. The van der Waals surface area contributed by atoms with Gasteiger partial charge in [-0.2, -0.15) is 0 Å². The van der Waals surface area contributed by atoms with Crippen molar-refractivity contribution in [2.45, 2.75) is 38.8 Å². The summed E-state index contributed by atoms with van der Waals surface area (Å²) in [5.74, 6) is 5.72. The van der Waals surface area contributed by atoms with Gasteiger partial charge in [0, 0.05) is 29.8 Å². The predicted octanol–water partition coefficient (Wildman–Crippen LogP) is 3.66. The van der Waals surface area contributed by atoms with Crippen LogP contribution in [0.25, 0.3) is 0 Å². The molecule has 0 aromatic heterocycles. The number of hydroxylamine groups is 1. The van der Waals surface area contributed by atoms with Gasteiger partial charge in [0.25, 0.3) is 11.8 Å². The molecule has 0 unspecified atom stereocenters. The highest BCUT2D eigenvalue weighted by Gasteiger charge is 2.21. The third-order valence-corrected chi connectivity index (χ3v) is 6.68. The number of hydrogen-bond acceptors (Lipinski definition) is 5. The number of hydrogen-bond donors (Lipinski definition) is 4. The van der Waals surface area contributed by atoms with Gasteiger partial charge >= 0.3 is 0 Å². The number of amides is 2. The van der Waals surface area contributed by atoms with E-state index in [0.717, 1.165) is 30.8 Å². The van der Waals surface area contributed by atoms with Gasteiger partial charge in [-0.1, -0.05) is 61.7 Å². The van der Waals surface area contributed by atoms with Gasteiger partial charge in [0.2, 0.25) is 0 Å². The number of rotatable bonds is 7. The Morgan fingerprint density at radius 2 is 1.50 bits per heavy atom. The lowest BCUT2D eigenvalue weighted by atomic mass is 9.89. The molecule has 1 heterocycles. The second kappa shape index (κ2) is 14.1. The van der Waals surface area contributed by atoms with Crippen molar-refractivity contribution in [1.82, 2.24) is 15.7 Å². The first-order valence-electron chi connectivity index (χ1n) is 12.5. The lowest BCUT2D eigenvalue weighted by molar-refractivity contribution is -0.130. The van der Waals surface area contributed by atoms with Crippen molar-refractivity contribution in [3.63, 3.8) is 0 Å². The van der Waals surface area contributed by atoms with Crippen molar-refractivity contribution in [2.75, 3.05) is 19.6 Å². The maximum Gasteiger partial charge on any atom is 0.267 e. The first kappa shape index (κ1) is 28.6. The highest BCUT2D eigenvalue weighted by atomic mass is 16.5. The van der Waals surface area contributed by atoms with Crippen LogP contribution in [0.1, 0.15) is 58.8 Å². The molecule has 198 valence electrons. The van der Waals surface area contributed by atoms with Crippen LogP contribution < -0.4 is 16.5 Å². The highest BCUT2D eigenvalue weighted by molar-refractivity contribution is 5.97. The topological polar surface area (TPSA) is 108 Å². The molecule has 38 heavy (non-hydrogen) atoms. The molecule has 1 aliphatic rings. The molecule has 3 aromatic carbocycles. The van der Waals surface area contributed by atoms with Gasteiger partial charge in [-0.05, 0) is 79.4 Å². The summed E-state index contributed by atoms with van der Waals surface area (Å²) in [5.41, 5.74) is 11.8. The van der Waals surface area contributed by atoms with Crippen molar-refractivity contribution in [2.24, 2.45) is 5.73 Å². The smallest absolute Gasteiger partial charge is 0.267 e. The Bertz CT molecular complexity index is 1240. The van der Waals surface area contributed by atoms with E-state index < -0.39 is 17.9 Å². The third kappa shape index (κ3) is 7.77. The zero-order valence-electron chi connectivity index (χ0n) is 20.7. The average Bonchev–Trinajstić information content (AvgIpc) is 2.96. The third-order valence-electron chi connectivity index (χ3n) is 6.68. The summed E-state index contributed by atoms with van der Waals surface area (Å²) in [7, 11) is 0. The van der Waals surface area contributed by atoms with E-state index in [1.165, 1.54) is 29.4 Å².